The zero-order chi connectivity index (χ0) is 27.3. The second-order valence-electron chi connectivity index (χ2n) is 15.5. The third-order valence-corrected chi connectivity index (χ3v) is 12.7. The molecule has 3 saturated carbocycles. The first-order chi connectivity index (χ1) is 17.0. The van der Waals surface area contributed by atoms with Crippen LogP contribution in [0.2, 0.25) is 0 Å². The van der Waals surface area contributed by atoms with Crippen LogP contribution >= 0.6 is 0 Å². The molecule has 1 heterocycles. The molecule has 1 aliphatic heterocycles. The van der Waals surface area contributed by atoms with E-state index in [1.807, 2.05) is 0 Å². The van der Waals surface area contributed by atoms with Crippen molar-refractivity contribution in [3.8, 4) is 0 Å². The van der Waals surface area contributed by atoms with Crippen LogP contribution in [0.25, 0.3) is 0 Å². The minimum absolute atomic E-state index is 0.0577. The van der Waals surface area contributed by atoms with Gasteiger partial charge in [-0.25, -0.2) is 0 Å². The maximum atomic E-state index is 11.9. The first-order valence-corrected chi connectivity index (χ1v) is 14.9. The molecule has 5 aliphatic rings. The number of aliphatic hydroxyl groups excluding tert-OH is 1. The third kappa shape index (κ3) is 3.84. The van der Waals surface area contributed by atoms with Gasteiger partial charge < -0.3 is 19.7 Å². The molecule has 0 aromatic carbocycles. The highest BCUT2D eigenvalue weighted by molar-refractivity contribution is 5.66. The van der Waals surface area contributed by atoms with Crippen molar-refractivity contribution < 1.29 is 24.5 Å². The summed E-state index contributed by atoms with van der Waals surface area (Å²) in [4.78, 5) is 11.9. The van der Waals surface area contributed by atoms with Crippen LogP contribution in [0, 0.1) is 45.3 Å². The molecular weight excluding hydrogens is 464 g/mol. The van der Waals surface area contributed by atoms with Gasteiger partial charge in [-0.1, -0.05) is 53.2 Å². The average Bonchev–Trinajstić information content (AvgIpc) is 3.01. The molecule has 0 amide bonds. The van der Waals surface area contributed by atoms with Crippen LogP contribution in [0.1, 0.15) is 107 Å². The van der Waals surface area contributed by atoms with Crippen molar-refractivity contribution in [2.24, 2.45) is 45.3 Å². The Bertz CT molecular complexity index is 963. The summed E-state index contributed by atoms with van der Waals surface area (Å²) in [7, 11) is 0. The van der Waals surface area contributed by atoms with E-state index in [0.29, 0.717) is 23.7 Å². The summed E-state index contributed by atoms with van der Waals surface area (Å²) >= 11 is 0. The Labute approximate surface area is 224 Å². The van der Waals surface area contributed by atoms with Crippen LogP contribution in [0.5, 0.6) is 0 Å². The number of allylic oxidation sites excluding steroid dienone is 2. The largest absolute Gasteiger partial charge is 0.457 e. The monoisotopic (exact) mass is 516 g/mol. The first-order valence-electron chi connectivity index (χ1n) is 14.9. The van der Waals surface area contributed by atoms with E-state index in [1.165, 1.54) is 19.8 Å². The van der Waals surface area contributed by atoms with E-state index in [-0.39, 0.29) is 45.9 Å². The van der Waals surface area contributed by atoms with E-state index >= 15 is 0 Å². The SMILES string of the molecule is CC(=O)O[C@@H](C1C[C@@H](C)[C@H]2C(C[C@@]3(C)C4CC[C@H]5C(C)(C)[C@@H](O)CC[C@]5(C)C4=CC[C@]23C)O1)C(C)(C)O. The summed E-state index contributed by atoms with van der Waals surface area (Å²) in [6.45, 7) is 19.3. The molecule has 5 heteroatoms. The van der Waals surface area contributed by atoms with Crippen molar-refractivity contribution in [2.45, 2.75) is 137 Å². The predicted molar refractivity (Wildman–Crippen MR) is 145 cm³/mol. The summed E-state index contributed by atoms with van der Waals surface area (Å²) in [5.74, 6) is 1.54. The van der Waals surface area contributed by atoms with E-state index in [9.17, 15) is 15.0 Å². The number of hydrogen-bond acceptors (Lipinski definition) is 5. The lowest BCUT2D eigenvalue weighted by Crippen LogP contribution is -2.58. The van der Waals surface area contributed by atoms with Gasteiger partial charge in [0.1, 0.15) is 0 Å². The molecule has 0 spiro atoms. The lowest BCUT2D eigenvalue weighted by molar-refractivity contribution is -0.207. The standard InChI is InChI=1S/C32H52O5/c1-18-16-22(27(29(5,6)35)36-19(2)33)37-23-17-32(9)21-10-11-24-28(3,4)25(34)13-14-30(24,7)20(21)12-15-31(32,8)26(18)23/h12,18,21-27,34-35H,10-11,13-17H2,1-9H3/t18-,21?,22?,23?,24+,25+,26+,27+,30-,31-,32+/m1/s1. The fourth-order valence-corrected chi connectivity index (χ4v) is 10.8. The Morgan fingerprint density at radius 3 is 2.43 bits per heavy atom. The van der Waals surface area contributed by atoms with Gasteiger partial charge in [-0.15, -0.1) is 0 Å². The highest BCUT2D eigenvalue weighted by Gasteiger charge is 2.69. The van der Waals surface area contributed by atoms with Crippen LogP contribution < -0.4 is 0 Å². The summed E-state index contributed by atoms with van der Waals surface area (Å²) in [6, 6.07) is 0. The number of esters is 1. The van der Waals surface area contributed by atoms with Gasteiger partial charge in [0, 0.05) is 6.92 Å². The number of ether oxygens (including phenoxy) is 2. The van der Waals surface area contributed by atoms with E-state index in [2.05, 4.69) is 47.6 Å². The zero-order valence-corrected chi connectivity index (χ0v) is 24.8. The number of fused-ring (bicyclic) bond motifs is 7. The van der Waals surface area contributed by atoms with Crippen molar-refractivity contribution in [2.75, 3.05) is 0 Å². The second-order valence-corrected chi connectivity index (χ2v) is 15.5. The van der Waals surface area contributed by atoms with E-state index < -0.39 is 11.7 Å². The van der Waals surface area contributed by atoms with Gasteiger partial charge in [-0.3, -0.25) is 4.79 Å². The zero-order valence-electron chi connectivity index (χ0n) is 24.8. The number of carbonyl (C=O) groups excluding carboxylic acids is 1. The average molecular weight is 517 g/mol. The normalized spacial score (nSPS) is 49.6. The minimum atomic E-state index is -1.16. The summed E-state index contributed by atoms with van der Waals surface area (Å²) in [5.41, 5.74) is 0.880. The van der Waals surface area contributed by atoms with E-state index in [1.54, 1.807) is 19.4 Å². The van der Waals surface area contributed by atoms with Crippen molar-refractivity contribution >= 4 is 5.97 Å². The summed E-state index contributed by atoms with van der Waals surface area (Å²) < 4.78 is 12.5. The molecule has 0 bridgehead atoms. The molecule has 4 aliphatic carbocycles. The van der Waals surface area contributed by atoms with Crippen LogP contribution in [-0.2, 0) is 14.3 Å². The highest BCUT2D eigenvalue weighted by atomic mass is 16.6. The lowest BCUT2D eigenvalue weighted by Gasteiger charge is -2.64. The molecule has 0 aromatic heterocycles. The number of aliphatic hydroxyl groups is 2. The molecule has 3 unspecified atom stereocenters. The smallest absolute Gasteiger partial charge is 0.303 e. The maximum Gasteiger partial charge on any atom is 0.303 e. The molecule has 37 heavy (non-hydrogen) atoms. The maximum absolute atomic E-state index is 11.9. The Morgan fingerprint density at radius 2 is 1.81 bits per heavy atom. The molecule has 0 aromatic rings. The van der Waals surface area contributed by atoms with Crippen LogP contribution in [0.15, 0.2) is 11.6 Å². The van der Waals surface area contributed by atoms with Gasteiger partial charge in [0.05, 0.1) is 23.9 Å². The van der Waals surface area contributed by atoms with Crippen molar-refractivity contribution in [1.82, 2.24) is 0 Å². The molecular formula is C32H52O5. The third-order valence-electron chi connectivity index (χ3n) is 12.7. The van der Waals surface area contributed by atoms with Crippen LogP contribution in [-0.4, -0.2) is 46.2 Å². The van der Waals surface area contributed by atoms with Gasteiger partial charge in [-0.2, -0.15) is 0 Å². The lowest BCUT2D eigenvalue weighted by atomic mass is 9.41. The van der Waals surface area contributed by atoms with Gasteiger partial charge in [0.15, 0.2) is 6.10 Å². The van der Waals surface area contributed by atoms with Crippen molar-refractivity contribution in [1.29, 1.82) is 0 Å². The Morgan fingerprint density at radius 1 is 1.14 bits per heavy atom. The Hall–Kier alpha value is -0.910. The van der Waals surface area contributed by atoms with Gasteiger partial charge in [-0.05, 0) is 104 Å². The first kappa shape index (κ1) is 27.6. The second kappa shape index (κ2) is 8.54. The number of rotatable bonds is 3. The van der Waals surface area contributed by atoms with E-state index in [0.717, 1.165) is 32.1 Å². The topological polar surface area (TPSA) is 76.0 Å². The van der Waals surface area contributed by atoms with Crippen LogP contribution in [0.3, 0.4) is 0 Å². The molecule has 11 atom stereocenters. The van der Waals surface area contributed by atoms with Crippen molar-refractivity contribution in [3.05, 3.63) is 11.6 Å². The summed E-state index contributed by atoms with van der Waals surface area (Å²) in [6.07, 6.45) is 8.77. The molecule has 5 nitrogen and oxygen atoms in total. The van der Waals surface area contributed by atoms with Gasteiger partial charge in [0.25, 0.3) is 0 Å². The fourth-order valence-electron chi connectivity index (χ4n) is 10.8. The molecule has 2 N–H and O–H groups in total. The number of hydrogen-bond donors (Lipinski definition) is 2. The predicted octanol–water partition coefficient (Wildman–Crippen LogP) is 6.06. The quantitative estimate of drug-likeness (QED) is 0.352. The molecule has 210 valence electrons. The molecule has 4 fully saturated rings. The Balaban J connectivity index is 1.47. The fraction of sp³-hybridized carbons (Fsp3) is 0.906. The van der Waals surface area contributed by atoms with Crippen molar-refractivity contribution in [3.63, 3.8) is 0 Å². The van der Waals surface area contributed by atoms with Gasteiger partial charge in [0.2, 0.25) is 0 Å². The number of carbonyl (C=O) groups is 1. The molecule has 0 radical (unpaired) electrons. The molecule has 5 rings (SSSR count). The summed E-state index contributed by atoms with van der Waals surface area (Å²) in [5, 5.41) is 21.8. The minimum Gasteiger partial charge on any atom is -0.457 e. The Kier molecular flexibility index (Phi) is 6.38. The van der Waals surface area contributed by atoms with Gasteiger partial charge >= 0.3 is 5.97 Å². The van der Waals surface area contributed by atoms with E-state index in [4.69, 9.17) is 9.47 Å². The molecule has 1 saturated heterocycles. The highest BCUT2D eigenvalue weighted by Crippen LogP contribution is 2.74. The van der Waals surface area contributed by atoms with Crippen LogP contribution in [0.4, 0.5) is 0 Å².